The molecule has 2 aromatic rings. The van der Waals surface area contributed by atoms with E-state index >= 15 is 0 Å². The molecule has 0 atom stereocenters. The van der Waals surface area contributed by atoms with Crippen LogP contribution >= 0.6 is 11.3 Å². The standard InChI is InChI=1S/C8H11N7O2S/c1-2-3-6(18-4(2)5(16)13-9)12-8(14-10)15(11)7(3)17/h9-11H2,1H3,(H,12,14)(H,13,16). The highest BCUT2D eigenvalue weighted by atomic mass is 32.1. The van der Waals surface area contributed by atoms with Crippen molar-refractivity contribution in [3.05, 3.63) is 20.8 Å². The Labute approximate surface area is 104 Å². The van der Waals surface area contributed by atoms with E-state index < -0.39 is 11.5 Å². The molecule has 0 aliphatic rings. The molecule has 2 rings (SSSR count). The molecule has 1 amide bonds. The second-order valence-electron chi connectivity index (χ2n) is 3.46. The zero-order valence-corrected chi connectivity index (χ0v) is 10.2. The molecule has 96 valence electrons. The van der Waals surface area contributed by atoms with Crippen LogP contribution in [0, 0.1) is 6.92 Å². The molecular weight excluding hydrogens is 258 g/mol. The van der Waals surface area contributed by atoms with Gasteiger partial charge < -0.3 is 5.84 Å². The maximum Gasteiger partial charge on any atom is 0.282 e. The smallest absolute Gasteiger partial charge is 0.282 e. The fraction of sp³-hybridized carbons (Fsp3) is 0.125. The molecule has 10 heteroatoms. The number of anilines is 1. The predicted octanol–water partition coefficient (Wildman–Crippen LogP) is -1.63. The zero-order chi connectivity index (χ0) is 13.4. The summed E-state index contributed by atoms with van der Waals surface area (Å²) in [6, 6.07) is 0. The van der Waals surface area contributed by atoms with E-state index in [4.69, 9.17) is 17.5 Å². The SMILES string of the molecule is Cc1c(C(=O)NN)sc2nc(NN)n(N)c(=O)c12. The second-order valence-corrected chi connectivity index (χ2v) is 4.46. The molecule has 0 radical (unpaired) electrons. The number of carbonyl (C=O) groups excluding carboxylic acids is 1. The van der Waals surface area contributed by atoms with Crippen molar-refractivity contribution in [2.45, 2.75) is 6.92 Å². The van der Waals surface area contributed by atoms with Crippen molar-refractivity contribution in [2.24, 2.45) is 11.7 Å². The third-order valence-corrected chi connectivity index (χ3v) is 3.65. The van der Waals surface area contributed by atoms with Gasteiger partial charge in [0, 0.05) is 0 Å². The molecule has 2 aromatic heterocycles. The Morgan fingerprint density at radius 1 is 1.44 bits per heavy atom. The number of aromatic nitrogens is 2. The summed E-state index contributed by atoms with van der Waals surface area (Å²) in [5.74, 6) is 15.3. The lowest BCUT2D eigenvalue weighted by atomic mass is 10.2. The van der Waals surface area contributed by atoms with Gasteiger partial charge in [-0.15, -0.1) is 11.3 Å². The average Bonchev–Trinajstić information content (AvgIpc) is 2.70. The van der Waals surface area contributed by atoms with Crippen LogP contribution in [0.2, 0.25) is 0 Å². The molecule has 0 aromatic carbocycles. The lowest BCUT2D eigenvalue weighted by Crippen LogP contribution is -2.32. The van der Waals surface area contributed by atoms with Gasteiger partial charge in [-0.05, 0) is 12.5 Å². The van der Waals surface area contributed by atoms with Crippen molar-refractivity contribution in [1.82, 2.24) is 15.1 Å². The number of hydrogen-bond donors (Lipinski definition) is 5. The van der Waals surface area contributed by atoms with Gasteiger partial charge in [0.05, 0.1) is 10.3 Å². The molecule has 0 aliphatic heterocycles. The first-order valence-corrected chi connectivity index (χ1v) is 5.61. The van der Waals surface area contributed by atoms with E-state index in [0.29, 0.717) is 15.3 Å². The average molecular weight is 269 g/mol. The van der Waals surface area contributed by atoms with Gasteiger partial charge in [-0.25, -0.2) is 16.7 Å². The summed E-state index contributed by atoms with van der Waals surface area (Å²) in [4.78, 5) is 28.2. The molecular formula is C8H11N7O2S. The minimum Gasteiger partial charge on any atom is -0.333 e. The largest absolute Gasteiger partial charge is 0.333 e. The highest BCUT2D eigenvalue weighted by molar-refractivity contribution is 7.20. The summed E-state index contributed by atoms with van der Waals surface area (Å²) in [5.41, 5.74) is 4.21. The fourth-order valence-corrected chi connectivity index (χ4v) is 2.65. The summed E-state index contributed by atoms with van der Waals surface area (Å²) >= 11 is 1.04. The van der Waals surface area contributed by atoms with Crippen molar-refractivity contribution in [3.8, 4) is 0 Å². The molecule has 0 spiro atoms. The van der Waals surface area contributed by atoms with Crippen molar-refractivity contribution in [3.63, 3.8) is 0 Å². The van der Waals surface area contributed by atoms with Crippen molar-refractivity contribution >= 4 is 33.4 Å². The lowest BCUT2D eigenvalue weighted by Gasteiger charge is -2.05. The molecule has 9 nitrogen and oxygen atoms in total. The molecule has 0 aliphatic carbocycles. The Balaban J connectivity index is 2.85. The number of rotatable bonds is 2. The van der Waals surface area contributed by atoms with E-state index in [1.54, 1.807) is 6.92 Å². The first-order chi connectivity index (χ1) is 8.51. The van der Waals surface area contributed by atoms with Crippen LogP contribution in [-0.4, -0.2) is 15.6 Å². The maximum absolute atomic E-state index is 12.0. The zero-order valence-electron chi connectivity index (χ0n) is 9.35. The molecule has 0 fully saturated rings. The van der Waals surface area contributed by atoms with Crippen LogP contribution in [0.25, 0.3) is 10.2 Å². The number of amides is 1. The van der Waals surface area contributed by atoms with Crippen molar-refractivity contribution in [2.75, 3.05) is 11.3 Å². The summed E-state index contributed by atoms with van der Waals surface area (Å²) in [6.45, 7) is 1.63. The number of thiophene rings is 1. The van der Waals surface area contributed by atoms with E-state index in [9.17, 15) is 9.59 Å². The van der Waals surface area contributed by atoms with Gasteiger partial charge >= 0.3 is 0 Å². The van der Waals surface area contributed by atoms with Gasteiger partial charge in [-0.1, -0.05) is 0 Å². The predicted molar refractivity (Wildman–Crippen MR) is 68.2 cm³/mol. The van der Waals surface area contributed by atoms with E-state index in [1.807, 2.05) is 5.43 Å². The van der Waals surface area contributed by atoms with Crippen LogP contribution in [-0.2, 0) is 0 Å². The summed E-state index contributed by atoms with van der Waals surface area (Å²) in [6.07, 6.45) is 0. The number of nitrogens with zero attached hydrogens (tertiary/aromatic N) is 2. The van der Waals surface area contributed by atoms with Crippen LogP contribution in [0.15, 0.2) is 4.79 Å². The van der Waals surface area contributed by atoms with Crippen LogP contribution in [0.4, 0.5) is 5.95 Å². The van der Waals surface area contributed by atoms with Crippen molar-refractivity contribution < 1.29 is 4.79 Å². The summed E-state index contributed by atoms with van der Waals surface area (Å²) in [7, 11) is 0. The minimum absolute atomic E-state index is 0.00783. The number of hydrazine groups is 2. The van der Waals surface area contributed by atoms with Crippen LogP contribution in [0.5, 0.6) is 0 Å². The number of aryl methyl sites for hydroxylation is 1. The number of nitrogens with one attached hydrogen (secondary N) is 2. The quantitative estimate of drug-likeness (QED) is 0.249. The molecule has 0 unspecified atom stereocenters. The molecule has 2 heterocycles. The first kappa shape index (κ1) is 12.3. The second kappa shape index (κ2) is 4.25. The lowest BCUT2D eigenvalue weighted by molar-refractivity contribution is 0.0957. The van der Waals surface area contributed by atoms with Gasteiger partial charge in [-0.2, -0.15) is 4.68 Å². The Morgan fingerprint density at radius 3 is 2.67 bits per heavy atom. The highest BCUT2D eigenvalue weighted by Crippen LogP contribution is 2.27. The van der Waals surface area contributed by atoms with Crippen LogP contribution < -0.4 is 33.9 Å². The molecule has 18 heavy (non-hydrogen) atoms. The highest BCUT2D eigenvalue weighted by Gasteiger charge is 2.20. The molecule has 0 saturated heterocycles. The third-order valence-electron chi connectivity index (χ3n) is 2.46. The molecule has 0 bridgehead atoms. The Bertz CT molecular complexity index is 689. The fourth-order valence-electron chi connectivity index (χ4n) is 1.58. The number of hydrogen-bond acceptors (Lipinski definition) is 8. The Kier molecular flexibility index (Phi) is 2.90. The van der Waals surface area contributed by atoms with E-state index in [-0.39, 0.29) is 11.3 Å². The molecule has 8 N–H and O–H groups in total. The topological polar surface area (TPSA) is 154 Å². The maximum atomic E-state index is 12.0. The molecule has 0 saturated carbocycles. The Hall–Kier alpha value is -2.17. The van der Waals surface area contributed by atoms with E-state index in [0.717, 1.165) is 16.0 Å². The number of fused-ring (bicyclic) bond motifs is 1. The van der Waals surface area contributed by atoms with Gasteiger partial charge in [0.2, 0.25) is 5.95 Å². The number of nitrogen functional groups attached to an aromatic ring is 3. The van der Waals surface area contributed by atoms with Gasteiger partial charge in [0.25, 0.3) is 11.5 Å². The first-order valence-electron chi connectivity index (χ1n) is 4.80. The number of carbonyl (C=O) groups is 1. The summed E-state index contributed by atoms with van der Waals surface area (Å²) in [5, 5.41) is 0.278. The van der Waals surface area contributed by atoms with E-state index in [2.05, 4.69) is 10.4 Å². The third kappa shape index (κ3) is 1.59. The van der Waals surface area contributed by atoms with Gasteiger partial charge in [0.15, 0.2) is 0 Å². The van der Waals surface area contributed by atoms with Crippen LogP contribution in [0.3, 0.4) is 0 Å². The minimum atomic E-state index is -0.488. The van der Waals surface area contributed by atoms with Gasteiger partial charge in [0.1, 0.15) is 4.83 Å². The van der Waals surface area contributed by atoms with Crippen LogP contribution in [0.1, 0.15) is 15.2 Å². The van der Waals surface area contributed by atoms with Crippen molar-refractivity contribution in [1.29, 1.82) is 0 Å². The Morgan fingerprint density at radius 2 is 2.11 bits per heavy atom. The van der Waals surface area contributed by atoms with E-state index in [1.165, 1.54) is 0 Å². The van der Waals surface area contributed by atoms with Gasteiger partial charge in [-0.3, -0.25) is 20.4 Å². The normalized spacial score (nSPS) is 10.6. The summed E-state index contributed by atoms with van der Waals surface area (Å²) < 4.78 is 0.784. The monoisotopic (exact) mass is 269 g/mol. The number of nitrogens with two attached hydrogens (primary N) is 3.